The molecule has 8 heteroatoms. The number of hydrogen-bond donors (Lipinski definition) is 2. The second kappa shape index (κ2) is 7.09. The standard InChI is InChI=1S/C13H15ClF4N2O/c1-7(11-9(14)4-3-5-10(11)15)20-8(2)12(21)19-6-13(16,17)18/h3-5,7-8,20H,6H2,1-2H3,(H,19,21)/t7-,8-/m0/s1. The molecule has 0 spiro atoms. The van der Waals surface area contributed by atoms with Crippen molar-refractivity contribution in [3.05, 3.63) is 34.6 Å². The Morgan fingerprint density at radius 3 is 2.48 bits per heavy atom. The summed E-state index contributed by atoms with van der Waals surface area (Å²) in [5, 5.41) is 4.64. The zero-order chi connectivity index (χ0) is 16.2. The van der Waals surface area contributed by atoms with E-state index < -0.39 is 36.5 Å². The monoisotopic (exact) mass is 326 g/mol. The van der Waals surface area contributed by atoms with Crippen molar-refractivity contribution in [2.75, 3.05) is 6.54 Å². The van der Waals surface area contributed by atoms with Crippen LogP contribution in [0.2, 0.25) is 5.02 Å². The molecule has 0 aromatic heterocycles. The summed E-state index contributed by atoms with van der Waals surface area (Å²) in [6, 6.07) is 2.58. The summed E-state index contributed by atoms with van der Waals surface area (Å²) in [7, 11) is 0. The first-order valence-electron chi connectivity index (χ1n) is 6.16. The zero-order valence-electron chi connectivity index (χ0n) is 11.4. The number of carbonyl (C=O) groups excluding carboxylic acids is 1. The number of benzene rings is 1. The van der Waals surface area contributed by atoms with Crippen molar-refractivity contribution in [1.29, 1.82) is 0 Å². The van der Waals surface area contributed by atoms with E-state index in [0.29, 0.717) is 0 Å². The molecule has 2 N–H and O–H groups in total. The SMILES string of the molecule is C[C@H](N[C@@H](C)c1c(F)cccc1Cl)C(=O)NCC(F)(F)F. The van der Waals surface area contributed by atoms with Crippen LogP contribution < -0.4 is 10.6 Å². The van der Waals surface area contributed by atoms with Crippen LogP contribution in [0.25, 0.3) is 0 Å². The molecular formula is C13H15ClF4N2O. The Hall–Kier alpha value is -1.34. The lowest BCUT2D eigenvalue weighted by Gasteiger charge is -2.21. The molecule has 1 aromatic carbocycles. The highest BCUT2D eigenvalue weighted by Crippen LogP contribution is 2.25. The van der Waals surface area contributed by atoms with Crippen LogP contribution in [0.3, 0.4) is 0 Å². The molecule has 2 atom stereocenters. The molecule has 0 aliphatic carbocycles. The van der Waals surface area contributed by atoms with E-state index in [1.54, 1.807) is 12.2 Å². The van der Waals surface area contributed by atoms with Gasteiger partial charge in [0.25, 0.3) is 0 Å². The highest BCUT2D eigenvalue weighted by molar-refractivity contribution is 6.31. The summed E-state index contributed by atoms with van der Waals surface area (Å²) >= 11 is 5.88. The van der Waals surface area contributed by atoms with Crippen LogP contribution in [0.15, 0.2) is 18.2 Å². The molecule has 0 aliphatic rings. The second-order valence-corrected chi connectivity index (χ2v) is 4.99. The third-order valence-electron chi connectivity index (χ3n) is 2.79. The van der Waals surface area contributed by atoms with Gasteiger partial charge in [-0.25, -0.2) is 4.39 Å². The Kier molecular flexibility index (Phi) is 5.98. The molecule has 0 saturated heterocycles. The van der Waals surface area contributed by atoms with Gasteiger partial charge in [0.15, 0.2) is 0 Å². The first-order valence-corrected chi connectivity index (χ1v) is 6.54. The first-order chi connectivity index (χ1) is 9.61. The molecule has 1 rings (SSSR count). The molecule has 0 saturated carbocycles. The smallest absolute Gasteiger partial charge is 0.346 e. The largest absolute Gasteiger partial charge is 0.405 e. The fourth-order valence-electron chi connectivity index (χ4n) is 1.80. The topological polar surface area (TPSA) is 41.1 Å². The van der Waals surface area contributed by atoms with Crippen LogP contribution in [0.4, 0.5) is 17.6 Å². The maximum atomic E-state index is 13.7. The van der Waals surface area contributed by atoms with Gasteiger partial charge in [0.2, 0.25) is 5.91 Å². The maximum Gasteiger partial charge on any atom is 0.405 e. The molecule has 1 amide bonds. The van der Waals surface area contributed by atoms with Crippen LogP contribution >= 0.6 is 11.6 Å². The van der Waals surface area contributed by atoms with Crippen molar-refractivity contribution >= 4 is 17.5 Å². The molecule has 0 unspecified atom stereocenters. The van der Waals surface area contributed by atoms with Crippen LogP contribution in [0.1, 0.15) is 25.5 Å². The van der Waals surface area contributed by atoms with E-state index in [1.807, 2.05) is 0 Å². The van der Waals surface area contributed by atoms with Gasteiger partial charge in [-0.05, 0) is 26.0 Å². The summed E-state index contributed by atoms with van der Waals surface area (Å²) in [6.07, 6.45) is -4.48. The van der Waals surface area contributed by atoms with Gasteiger partial charge < -0.3 is 5.32 Å². The molecule has 0 radical (unpaired) electrons. The lowest BCUT2D eigenvalue weighted by molar-refractivity contribution is -0.139. The molecular weight excluding hydrogens is 312 g/mol. The molecule has 0 aliphatic heterocycles. The number of nitrogens with one attached hydrogen (secondary N) is 2. The van der Waals surface area contributed by atoms with Gasteiger partial charge in [0, 0.05) is 16.6 Å². The van der Waals surface area contributed by atoms with Gasteiger partial charge in [0.05, 0.1) is 6.04 Å². The summed E-state index contributed by atoms with van der Waals surface area (Å²) in [6.45, 7) is 1.54. The molecule has 0 bridgehead atoms. The van der Waals surface area contributed by atoms with E-state index in [9.17, 15) is 22.4 Å². The molecule has 21 heavy (non-hydrogen) atoms. The fourth-order valence-corrected chi connectivity index (χ4v) is 2.13. The molecule has 0 heterocycles. The van der Waals surface area contributed by atoms with E-state index in [-0.39, 0.29) is 10.6 Å². The van der Waals surface area contributed by atoms with Gasteiger partial charge in [-0.15, -0.1) is 0 Å². The van der Waals surface area contributed by atoms with E-state index >= 15 is 0 Å². The summed E-state index contributed by atoms with van der Waals surface area (Å²) in [5.41, 5.74) is 0.162. The zero-order valence-corrected chi connectivity index (χ0v) is 12.1. The van der Waals surface area contributed by atoms with Crippen molar-refractivity contribution in [1.82, 2.24) is 10.6 Å². The van der Waals surface area contributed by atoms with Crippen LogP contribution in [-0.2, 0) is 4.79 Å². The van der Waals surface area contributed by atoms with Crippen molar-refractivity contribution in [2.24, 2.45) is 0 Å². The average Bonchev–Trinajstić information content (AvgIpc) is 2.34. The third-order valence-corrected chi connectivity index (χ3v) is 3.12. The van der Waals surface area contributed by atoms with Gasteiger partial charge >= 0.3 is 6.18 Å². The van der Waals surface area contributed by atoms with Crippen molar-refractivity contribution < 1.29 is 22.4 Å². The first kappa shape index (κ1) is 17.7. The lowest BCUT2D eigenvalue weighted by Crippen LogP contribution is -2.46. The Balaban J connectivity index is 2.66. The van der Waals surface area contributed by atoms with Crippen LogP contribution in [0, 0.1) is 5.82 Å². The minimum atomic E-state index is -4.48. The van der Waals surface area contributed by atoms with Crippen molar-refractivity contribution in [3.8, 4) is 0 Å². The second-order valence-electron chi connectivity index (χ2n) is 4.58. The van der Waals surface area contributed by atoms with Crippen molar-refractivity contribution in [3.63, 3.8) is 0 Å². The maximum absolute atomic E-state index is 13.7. The summed E-state index contributed by atoms with van der Waals surface area (Å²) < 4.78 is 49.7. The highest BCUT2D eigenvalue weighted by atomic mass is 35.5. The fraction of sp³-hybridized carbons (Fsp3) is 0.462. The van der Waals surface area contributed by atoms with E-state index in [1.165, 1.54) is 25.1 Å². The van der Waals surface area contributed by atoms with Gasteiger partial charge in [0.1, 0.15) is 12.4 Å². The molecule has 0 fully saturated rings. The average molecular weight is 327 g/mol. The number of amides is 1. The number of carbonyl (C=O) groups is 1. The minimum Gasteiger partial charge on any atom is -0.346 e. The summed E-state index contributed by atoms with van der Waals surface area (Å²) in [5.74, 6) is -1.38. The normalized spacial score (nSPS) is 14.6. The van der Waals surface area contributed by atoms with Gasteiger partial charge in [-0.1, -0.05) is 17.7 Å². The van der Waals surface area contributed by atoms with E-state index in [2.05, 4.69) is 5.32 Å². The Bertz CT molecular complexity index is 487. The van der Waals surface area contributed by atoms with Gasteiger partial charge in [-0.2, -0.15) is 13.2 Å². The minimum absolute atomic E-state index is 0.162. The molecule has 1 aromatic rings. The Labute approximate surface area is 124 Å². The van der Waals surface area contributed by atoms with Crippen molar-refractivity contribution in [2.45, 2.75) is 32.1 Å². The third kappa shape index (κ3) is 5.51. The number of alkyl halides is 3. The Morgan fingerprint density at radius 2 is 1.95 bits per heavy atom. The Morgan fingerprint density at radius 1 is 1.33 bits per heavy atom. The highest BCUT2D eigenvalue weighted by Gasteiger charge is 2.29. The van der Waals surface area contributed by atoms with Gasteiger partial charge in [-0.3, -0.25) is 10.1 Å². The lowest BCUT2D eigenvalue weighted by atomic mass is 10.1. The van der Waals surface area contributed by atoms with E-state index in [4.69, 9.17) is 11.6 Å². The van der Waals surface area contributed by atoms with E-state index in [0.717, 1.165) is 0 Å². The number of halogens is 5. The number of rotatable bonds is 5. The van der Waals surface area contributed by atoms with Crippen LogP contribution in [-0.4, -0.2) is 24.7 Å². The predicted octanol–water partition coefficient (Wildman–Crippen LogP) is 3.20. The van der Waals surface area contributed by atoms with Crippen LogP contribution in [0.5, 0.6) is 0 Å². The quantitative estimate of drug-likeness (QED) is 0.816. The molecule has 118 valence electrons. The number of hydrogen-bond acceptors (Lipinski definition) is 2. The summed E-state index contributed by atoms with van der Waals surface area (Å²) in [4.78, 5) is 11.5. The molecule has 3 nitrogen and oxygen atoms in total. The predicted molar refractivity (Wildman–Crippen MR) is 71.5 cm³/mol.